The van der Waals surface area contributed by atoms with Crippen LogP contribution in [0.3, 0.4) is 0 Å². The van der Waals surface area contributed by atoms with Crippen LogP contribution < -0.4 is 4.90 Å². The zero-order chi connectivity index (χ0) is 29.7. The maximum Gasteiger partial charge on any atom is 0.143 e. The number of anilines is 3. The highest BCUT2D eigenvalue weighted by Gasteiger charge is 2.18. The van der Waals surface area contributed by atoms with E-state index >= 15 is 0 Å². The van der Waals surface area contributed by atoms with Crippen LogP contribution in [-0.4, -0.2) is 0 Å². The Hall–Kier alpha value is -5.64. The number of furan rings is 1. The third-order valence-corrected chi connectivity index (χ3v) is 9.88. The molecule has 0 amide bonds. The zero-order valence-electron chi connectivity index (χ0n) is 24.4. The fourth-order valence-corrected chi connectivity index (χ4v) is 7.77. The van der Waals surface area contributed by atoms with Crippen LogP contribution in [-0.2, 0) is 0 Å². The van der Waals surface area contributed by atoms with Gasteiger partial charge in [-0.3, -0.25) is 0 Å². The SMILES string of the molecule is c1ccc(N(c2ccccc2)c2ccc(-c3cc(-c4cccc5c4oc4ccccc45)c4sc5ccccc5c4c3)cc2)cc1. The van der Waals surface area contributed by atoms with Gasteiger partial charge in [-0.1, -0.05) is 103 Å². The Labute approximate surface area is 265 Å². The second kappa shape index (κ2) is 10.5. The van der Waals surface area contributed by atoms with E-state index in [0.29, 0.717) is 0 Å². The van der Waals surface area contributed by atoms with Crippen LogP contribution in [0.15, 0.2) is 168 Å². The Morgan fingerprint density at radius 1 is 0.422 bits per heavy atom. The van der Waals surface area contributed by atoms with Crippen LogP contribution in [0, 0.1) is 0 Å². The second-order valence-corrected chi connectivity index (χ2v) is 12.4. The summed E-state index contributed by atoms with van der Waals surface area (Å²) in [5, 5.41) is 4.85. The molecule has 9 aromatic rings. The molecule has 0 saturated carbocycles. The first-order valence-electron chi connectivity index (χ1n) is 15.2. The maximum absolute atomic E-state index is 6.53. The summed E-state index contributed by atoms with van der Waals surface area (Å²) in [6.07, 6.45) is 0. The number of fused-ring (bicyclic) bond motifs is 6. The van der Waals surface area contributed by atoms with Gasteiger partial charge in [0, 0.05) is 59.1 Å². The zero-order valence-corrected chi connectivity index (χ0v) is 25.2. The van der Waals surface area contributed by atoms with E-state index in [4.69, 9.17) is 4.42 Å². The minimum absolute atomic E-state index is 0.917. The van der Waals surface area contributed by atoms with Gasteiger partial charge in [-0.2, -0.15) is 0 Å². The predicted molar refractivity (Wildman–Crippen MR) is 192 cm³/mol. The molecule has 7 aromatic carbocycles. The molecule has 0 aliphatic heterocycles. The fourth-order valence-electron chi connectivity index (χ4n) is 6.56. The Morgan fingerprint density at radius 2 is 1.04 bits per heavy atom. The molecule has 9 rings (SSSR count). The standard InChI is InChI=1S/C42H27NOS/c1-3-12-30(13-4-1)43(31-14-5-2-6-15-31)32-24-22-28(23-25-32)29-26-37-34-17-8-10-21-40(34)45-42(37)38(27-29)36-19-11-18-35-33-16-7-9-20-39(33)44-41(35)36/h1-27H. The first-order valence-corrected chi connectivity index (χ1v) is 16.0. The topological polar surface area (TPSA) is 16.4 Å². The molecule has 0 saturated heterocycles. The molecule has 2 heterocycles. The van der Waals surface area contributed by atoms with E-state index < -0.39 is 0 Å². The lowest BCUT2D eigenvalue weighted by atomic mass is 9.95. The second-order valence-electron chi connectivity index (χ2n) is 11.3. The molecule has 3 heteroatoms. The molecule has 0 aliphatic rings. The Balaban J connectivity index is 1.24. The van der Waals surface area contributed by atoms with Crippen molar-refractivity contribution in [3.8, 4) is 22.3 Å². The quantitative estimate of drug-likeness (QED) is 0.197. The lowest BCUT2D eigenvalue weighted by Gasteiger charge is -2.25. The van der Waals surface area contributed by atoms with Crippen molar-refractivity contribution in [2.24, 2.45) is 0 Å². The van der Waals surface area contributed by atoms with Crippen molar-refractivity contribution >= 4 is 70.5 Å². The molecule has 2 nitrogen and oxygen atoms in total. The lowest BCUT2D eigenvalue weighted by molar-refractivity contribution is 0.670. The van der Waals surface area contributed by atoms with Gasteiger partial charge in [0.2, 0.25) is 0 Å². The summed E-state index contributed by atoms with van der Waals surface area (Å²) in [7, 11) is 0. The van der Waals surface area contributed by atoms with E-state index in [0.717, 1.165) is 44.6 Å². The molecule has 0 aliphatic carbocycles. The van der Waals surface area contributed by atoms with E-state index in [-0.39, 0.29) is 0 Å². The van der Waals surface area contributed by atoms with Crippen LogP contribution in [0.4, 0.5) is 17.1 Å². The van der Waals surface area contributed by atoms with Gasteiger partial charge in [0.05, 0.1) is 0 Å². The first kappa shape index (κ1) is 25.8. The summed E-state index contributed by atoms with van der Waals surface area (Å²) in [5.74, 6) is 0. The molecule has 0 unspecified atom stereocenters. The summed E-state index contributed by atoms with van der Waals surface area (Å²) in [5.41, 5.74) is 9.91. The van der Waals surface area contributed by atoms with Gasteiger partial charge in [0.25, 0.3) is 0 Å². The fraction of sp³-hybridized carbons (Fsp3) is 0. The highest BCUT2D eigenvalue weighted by Crippen LogP contribution is 2.46. The van der Waals surface area contributed by atoms with Gasteiger partial charge in [-0.05, 0) is 71.8 Å². The minimum Gasteiger partial charge on any atom is -0.455 e. The monoisotopic (exact) mass is 593 g/mol. The molecule has 212 valence electrons. The number of rotatable bonds is 5. The smallest absolute Gasteiger partial charge is 0.143 e. The van der Waals surface area contributed by atoms with Gasteiger partial charge in [-0.25, -0.2) is 0 Å². The Kier molecular flexibility index (Phi) is 6.03. The first-order chi connectivity index (χ1) is 22.3. The molecular weight excluding hydrogens is 567 g/mol. The highest BCUT2D eigenvalue weighted by molar-refractivity contribution is 7.26. The molecule has 0 spiro atoms. The third-order valence-electron chi connectivity index (χ3n) is 8.66. The molecule has 0 atom stereocenters. The number of para-hydroxylation sites is 4. The number of hydrogen-bond acceptors (Lipinski definition) is 3. The van der Waals surface area contributed by atoms with Crippen LogP contribution >= 0.6 is 11.3 Å². The Morgan fingerprint density at radius 3 is 1.80 bits per heavy atom. The van der Waals surface area contributed by atoms with Gasteiger partial charge in [0.15, 0.2) is 0 Å². The van der Waals surface area contributed by atoms with Crippen molar-refractivity contribution in [3.05, 3.63) is 164 Å². The van der Waals surface area contributed by atoms with Crippen molar-refractivity contribution in [2.75, 3.05) is 4.90 Å². The normalized spacial score (nSPS) is 11.6. The van der Waals surface area contributed by atoms with Crippen LogP contribution in [0.1, 0.15) is 0 Å². The average molecular weight is 594 g/mol. The van der Waals surface area contributed by atoms with Gasteiger partial charge in [-0.15, -0.1) is 11.3 Å². The Bertz CT molecular complexity index is 2430. The van der Waals surface area contributed by atoms with Crippen molar-refractivity contribution < 1.29 is 4.42 Å². The van der Waals surface area contributed by atoms with E-state index in [1.807, 2.05) is 17.4 Å². The van der Waals surface area contributed by atoms with Crippen LogP contribution in [0.5, 0.6) is 0 Å². The van der Waals surface area contributed by atoms with Crippen LogP contribution in [0.25, 0.3) is 64.4 Å². The summed E-state index contributed by atoms with van der Waals surface area (Å²) < 4.78 is 9.10. The largest absolute Gasteiger partial charge is 0.455 e. The summed E-state index contributed by atoms with van der Waals surface area (Å²) in [4.78, 5) is 2.30. The number of thiophene rings is 1. The number of benzene rings is 7. The minimum atomic E-state index is 0.917. The third kappa shape index (κ3) is 4.32. The van der Waals surface area contributed by atoms with Crippen LogP contribution in [0.2, 0.25) is 0 Å². The van der Waals surface area contributed by atoms with E-state index in [9.17, 15) is 0 Å². The van der Waals surface area contributed by atoms with E-state index in [2.05, 4.69) is 163 Å². The molecule has 2 aromatic heterocycles. The summed E-state index contributed by atoms with van der Waals surface area (Å²) in [6, 6.07) is 58.3. The van der Waals surface area contributed by atoms with Gasteiger partial charge >= 0.3 is 0 Å². The van der Waals surface area contributed by atoms with E-state index in [1.54, 1.807) is 0 Å². The van der Waals surface area contributed by atoms with Crippen molar-refractivity contribution in [1.29, 1.82) is 0 Å². The predicted octanol–water partition coefficient (Wildman–Crippen LogP) is 12.8. The molecule has 45 heavy (non-hydrogen) atoms. The highest BCUT2D eigenvalue weighted by atomic mass is 32.1. The average Bonchev–Trinajstić information content (AvgIpc) is 3.68. The van der Waals surface area contributed by atoms with E-state index in [1.165, 1.54) is 36.9 Å². The van der Waals surface area contributed by atoms with Gasteiger partial charge in [0.1, 0.15) is 11.2 Å². The van der Waals surface area contributed by atoms with Crippen molar-refractivity contribution in [2.45, 2.75) is 0 Å². The van der Waals surface area contributed by atoms with Crippen molar-refractivity contribution in [3.63, 3.8) is 0 Å². The maximum atomic E-state index is 6.53. The molecule has 0 radical (unpaired) electrons. The number of nitrogens with zero attached hydrogens (tertiary/aromatic N) is 1. The lowest BCUT2D eigenvalue weighted by Crippen LogP contribution is -2.09. The summed E-state index contributed by atoms with van der Waals surface area (Å²) >= 11 is 1.86. The van der Waals surface area contributed by atoms with Crippen molar-refractivity contribution in [1.82, 2.24) is 0 Å². The molecule has 0 bridgehead atoms. The number of hydrogen-bond donors (Lipinski definition) is 0. The molecule has 0 fully saturated rings. The molecule has 0 N–H and O–H groups in total. The molecular formula is C42H27NOS. The summed E-state index contributed by atoms with van der Waals surface area (Å²) in [6.45, 7) is 0. The van der Waals surface area contributed by atoms with Gasteiger partial charge < -0.3 is 9.32 Å².